The minimum absolute atomic E-state index is 0.600. The largest absolute Gasteiger partial charge is 0.179 e. The molecular formula is C12H16S2. The summed E-state index contributed by atoms with van der Waals surface area (Å²) in [7, 11) is 0. The van der Waals surface area contributed by atoms with Gasteiger partial charge < -0.3 is 0 Å². The molecule has 0 aromatic heterocycles. The maximum atomic E-state index is 4.41. The predicted molar refractivity (Wildman–Crippen MR) is 68.1 cm³/mol. The fraction of sp³-hybridized carbons (Fsp3) is 0.500. The number of thioether (sulfide) groups is 1. The van der Waals surface area contributed by atoms with Gasteiger partial charge in [-0.25, -0.2) is 0 Å². The third-order valence-corrected chi connectivity index (χ3v) is 4.84. The van der Waals surface area contributed by atoms with E-state index in [9.17, 15) is 0 Å². The van der Waals surface area contributed by atoms with Crippen LogP contribution in [0.3, 0.4) is 0 Å². The molecule has 1 fully saturated rings. The highest BCUT2D eigenvalue weighted by molar-refractivity contribution is 7.98. The second kappa shape index (κ2) is 4.63. The number of hydrogen-bond donors (Lipinski definition) is 1. The standard InChI is InChI=1S/C12H16S2/c13-9-12(6-7-12)10-14-8-11-4-2-1-3-5-11/h1-5,13H,6-10H2. The van der Waals surface area contributed by atoms with Crippen molar-refractivity contribution in [1.29, 1.82) is 0 Å². The van der Waals surface area contributed by atoms with E-state index in [0.717, 1.165) is 11.5 Å². The Morgan fingerprint density at radius 2 is 1.93 bits per heavy atom. The van der Waals surface area contributed by atoms with E-state index in [1.807, 2.05) is 0 Å². The zero-order chi connectivity index (χ0) is 9.86. The molecule has 1 saturated carbocycles. The molecule has 0 spiro atoms. The van der Waals surface area contributed by atoms with Crippen LogP contribution >= 0.6 is 24.4 Å². The van der Waals surface area contributed by atoms with Crippen LogP contribution in [-0.4, -0.2) is 11.5 Å². The van der Waals surface area contributed by atoms with Crippen LogP contribution in [0.2, 0.25) is 0 Å². The van der Waals surface area contributed by atoms with Crippen molar-refractivity contribution in [3.05, 3.63) is 35.9 Å². The van der Waals surface area contributed by atoms with Crippen molar-refractivity contribution < 1.29 is 0 Å². The molecule has 0 atom stereocenters. The molecule has 1 aromatic rings. The van der Waals surface area contributed by atoms with Crippen molar-refractivity contribution in [2.75, 3.05) is 11.5 Å². The molecule has 0 N–H and O–H groups in total. The highest BCUT2D eigenvalue weighted by Crippen LogP contribution is 2.49. The van der Waals surface area contributed by atoms with Crippen LogP contribution in [0.5, 0.6) is 0 Å². The van der Waals surface area contributed by atoms with Gasteiger partial charge in [0.15, 0.2) is 0 Å². The minimum Gasteiger partial charge on any atom is -0.179 e. The van der Waals surface area contributed by atoms with E-state index in [1.54, 1.807) is 0 Å². The molecule has 1 aliphatic carbocycles. The highest BCUT2D eigenvalue weighted by Gasteiger charge is 2.40. The fourth-order valence-electron chi connectivity index (χ4n) is 1.48. The molecule has 2 heteroatoms. The first-order valence-corrected chi connectivity index (χ1v) is 6.86. The van der Waals surface area contributed by atoms with Gasteiger partial charge in [0.25, 0.3) is 0 Å². The van der Waals surface area contributed by atoms with Gasteiger partial charge in [-0.1, -0.05) is 30.3 Å². The highest BCUT2D eigenvalue weighted by atomic mass is 32.2. The molecule has 0 radical (unpaired) electrons. The smallest absolute Gasteiger partial charge is 0.0184 e. The van der Waals surface area contributed by atoms with Crippen LogP contribution in [0, 0.1) is 5.41 Å². The molecule has 76 valence electrons. The second-order valence-corrected chi connectivity index (χ2v) is 5.44. The number of hydrogen-bond acceptors (Lipinski definition) is 2. The summed E-state index contributed by atoms with van der Waals surface area (Å²) >= 11 is 6.46. The quantitative estimate of drug-likeness (QED) is 0.745. The minimum atomic E-state index is 0.600. The first-order valence-electron chi connectivity index (χ1n) is 5.07. The molecule has 2 rings (SSSR count). The molecule has 0 aliphatic heterocycles. The van der Waals surface area contributed by atoms with Gasteiger partial charge in [0.1, 0.15) is 0 Å². The molecule has 0 nitrogen and oxygen atoms in total. The third kappa shape index (κ3) is 2.71. The Morgan fingerprint density at radius 1 is 1.21 bits per heavy atom. The average Bonchev–Trinajstić information content (AvgIpc) is 3.00. The van der Waals surface area contributed by atoms with Crippen LogP contribution in [-0.2, 0) is 5.75 Å². The van der Waals surface area contributed by atoms with E-state index in [1.165, 1.54) is 24.2 Å². The van der Waals surface area contributed by atoms with Crippen molar-refractivity contribution in [2.45, 2.75) is 18.6 Å². The van der Waals surface area contributed by atoms with Crippen molar-refractivity contribution >= 4 is 24.4 Å². The number of thiol groups is 1. The van der Waals surface area contributed by atoms with Crippen LogP contribution in [0.25, 0.3) is 0 Å². The molecule has 14 heavy (non-hydrogen) atoms. The van der Waals surface area contributed by atoms with Gasteiger partial charge in [-0.2, -0.15) is 24.4 Å². The summed E-state index contributed by atoms with van der Waals surface area (Å²) in [5, 5.41) is 0. The van der Waals surface area contributed by atoms with Gasteiger partial charge >= 0.3 is 0 Å². The SMILES string of the molecule is SCC1(CSCc2ccccc2)CC1. The Kier molecular flexibility index (Phi) is 3.45. The number of rotatable bonds is 5. The van der Waals surface area contributed by atoms with E-state index < -0.39 is 0 Å². The molecule has 0 heterocycles. The topological polar surface area (TPSA) is 0 Å². The summed E-state index contributed by atoms with van der Waals surface area (Å²) < 4.78 is 0. The molecule has 1 aliphatic rings. The summed E-state index contributed by atoms with van der Waals surface area (Å²) in [6, 6.07) is 10.7. The lowest BCUT2D eigenvalue weighted by Gasteiger charge is -2.10. The van der Waals surface area contributed by atoms with Gasteiger partial charge in [-0.3, -0.25) is 0 Å². The van der Waals surface area contributed by atoms with E-state index in [0.29, 0.717) is 5.41 Å². The van der Waals surface area contributed by atoms with Crippen molar-refractivity contribution in [1.82, 2.24) is 0 Å². The average molecular weight is 224 g/mol. The lowest BCUT2D eigenvalue weighted by molar-refractivity contribution is 0.683. The second-order valence-electron chi connectivity index (χ2n) is 4.14. The number of benzene rings is 1. The lowest BCUT2D eigenvalue weighted by Crippen LogP contribution is -2.05. The molecule has 0 bridgehead atoms. The normalized spacial score (nSPS) is 18.1. The molecule has 0 unspecified atom stereocenters. The first-order chi connectivity index (χ1) is 6.85. The zero-order valence-corrected chi connectivity index (χ0v) is 9.99. The monoisotopic (exact) mass is 224 g/mol. The fourth-order valence-corrected chi connectivity index (χ4v) is 3.42. The maximum Gasteiger partial charge on any atom is 0.0184 e. The first kappa shape index (κ1) is 10.4. The van der Waals surface area contributed by atoms with Crippen molar-refractivity contribution in [3.63, 3.8) is 0 Å². The Morgan fingerprint density at radius 3 is 2.50 bits per heavy atom. The molecule has 0 saturated heterocycles. The Bertz CT molecular complexity index is 278. The van der Waals surface area contributed by atoms with Gasteiger partial charge in [0.2, 0.25) is 0 Å². The van der Waals surface area contributed by atoms with Gasteiger partial charge in [0.05, 0.1) is 0 Å². The summed E-state index contributed by atoms with van der Waals surface area (Å²) in [5.74, 6) is 3.50. The molecule has 1 aromatic carbocycles. The van der Waals surface area contributed by atoms with Crippen molar-refractivity contribution in [2.24, 2.45) is 5.41 Å². The maximum absolute atomic E-state index is 4.41. The molecule has 0 amide bonds. The third-order valence-electron chi connectivity index (χ3n) is 2.81. The van der Waals surface area contributed by atoms with Gasteiger partial charge in [0, 0.05) is 11.5 Å². The summed E-state index contributed by atoms with van der Waals surface area (Å²) in [4.78, 5) is 0. The summed E-state index contributed by atoms with van der Waals surface area (Å²) in [6.07, 6.45) is 2.77. The van der Waals surface area contributed by atoms with Crippen LogP contribution < -0.4 is 0 Å². The van der Waals surface area contributed by atoms with E-state index in [2.05, 4.69) is 54.7 Å². The predicted octanol–water partition coefficient (Wildman–Crippen LogP) is 3.63. The van der Waals surface area contributed by atoms with E-state index in [4.69, 9.17) is 0 Å². The van der Waals surface area contributed by atoms with Crippen LogP contribution in [0.4, 0.5) is 0 Å². The Hall–Kier alpha value is -0.0800. The lowest BCUT2D eigenvalue weighted by atomic mass is 10.2. The van der Waals surface area contributed by atoms with E-state index >= 15 is 0 Å². The molecular weight excluding hydrogens is 208 g/mol. The van der Waals surface area contributed by atoms with E-state index in [-0.39, 0.29) is 0 Å². The Labute approximate surface area is 95.9 Å². The van der Waals surface area contributed by atoms with Crippen LogP contribution in [0.15, 0.2) is 30.3 Å². The zero-order valence-electron chi connectivity index (χ0n) is 8.28. The van der Waals surface area contributed by atoms with Gasteiger partial charge in [-0.15, -0.1) is 0 Å². The summed E-state index contributed by atoms with van der Waals surface area (Å²) in [5.41, 5.74) is 2.04. The van der Waals surface area contributed by atoms with Crippen molar-refractivity contribution in [3.8, 4) is 0 Å². The summed E-state index contributed by atoms with van der Waals surface area (Å²) in [6.45, 7) is 0. The van der Waals surface area contributed by atoms with Crippen LogP contribution in [0.1, 0.15) is 18.4 Å². The Balaban J connectivity index is 1.73. The van der Waals surface area contributed by atoms with Gasteiger partial charge in [-0.05, 0) is 29.6 Å².